The Hall–Kier alpha value is -4.26. The average molecular weight is 416 g/mol. The zero-order chi connectivity index (χ0) is 21.8. The van der Waals surface area contributed by atoms with Crippen molar-refractivity contribution >= 4 is 29.6 Å². The minimum absolute atomic E-state index is 0.233. The minimum atomic E-state index is -1.00. The number of carbonyl (C=O) groups is 3. The largest absolute Gasteiger partial charge is 0.489 e. The van der Waals surface area contributed by atoms with Gasteiger partial charge in [0.1, 0.15) is 23.7 Å². The molecule has 0 spiro atoms. The predicted octanol–water partition coefficient (Wildman–Crippen LogP) is 4.07. The van der Waals surface area contributed by atoms with Crippen LogP contribution in [0.15, 0.2) is 84.4 Å². The molecule has 0 aliphatic carbocycles. The van der Waals surface area contributed by atoms with Gasteiger partial charge in [-0.2, -0.15) is 0 Å². The lowest BCUT2D eigenvalue weighted by atomic mass is 10.1. The molecule has 1 aliphatic heterocycles. The third kappa shape index (κ3) is 4.35. The molecule has 154 valence electrons. The smallest absolute Gasteiger partial charge is 0.336 e. The fourth-order valence-corrected chi connectivity index (χ4v) is 3.11. The number of imide groups is 2. The molecule has 1 N–H and O–H groups in total. The number of hydrogen-bond acceptors (Lipinski definition) is 4. The summed E-state index contributed by atoms with van der Waals surface area (Å²) in [6, 6.07) is 20.8. The molecular formula is C24H17FN2O4. The summed E-state index contributed by atoms with van der Waals surface area (Å²) < 4.78 is 19.9. The number of barbiturate groups is 1. The summed E-state index contributed by atoms with van der Waals surface area (Å²) >= 11 is 0. The molecule has 7 heteroatoms. The molecule has 0 aromatic heterocycles. The lowest BCUT2D eigenvalue weighted by Gasteiger charge is -2.26. The number of para-hydroxylation sites is 1. The average Bonchev–Trinajstić information content (AvgIpc) is 2.77. The second kappa shape index (κ2) is 8.62. The second-order valence-corrected chi connectivity index (χ2v) is 6.76. The summed E-state index contributed by atoms with van der Waals surface area (Å²) in [6.45, 7) is 0.357. The quantitative estimate of drug-likeness (QED) is 0.503. The summed E-state index contributed by atoms with van der Waals surface area (Å²) in [7, 11) is 0. The summed E-state index contributed by atoms with van der Waals surface area (Å²) in [4.78, 5) is 38.0. The number of hydrogen-bond donors (Lipinski definition) is 1. The molecule has 0 saturated carbocycles. The third-order valence-electron chi connectivity index (χ3n) is 4.61. The number of nitrogens with zero attached hydrogens (tertiary/aromatic N) is 1. The van der Waals surface area contributed by atoms with Crippen LogP contribution in [0.1, 0.15) is 11.1 Å². The van der Waals surface area contributed by atoms with Crippen LogP contribution >= 0.6 is 0 Å². The van der Waals surface area contributed by atoms with Crippen LogP contribution < -0.4 is 15.0 Å². The van der Waals surface area contributed by atoms with E-state index in [1.807, 2.05) is 30.3 Å². The number of halogens is 1. The van der Waals surface area contributed by atoms with Crippen LogP contribution in [0, 0.1) is 5.82 Å². The zero-order valence-electron chi connectivity index (χ0n) is 16.2. The molecule has 0 bridgehead atoms. The molecule has 0 radical (unpaired) electrons. The summed E-state index contributed by atoms with van der Waals surface area (Å²) in [6.07, 6.45) is 1.34. The van der Waals surface area contributed by atoms with Gasteiger partial charge in [-0.05, 0) is 41.5 Å². The first-order valence-corrected chi connectivity index (χ1v) is 9.46. The van der Waals surface area contributed by atoms with E-state index < -0.39 is 23.7 Å². The Labute approximate surface area is 177 Å². The van der Waals surface area contributed by atoms with E-state index in [1.54, 1.807) is 24.3 Å². The first kappa shape index (κ1) is 20.0. The summed E-state index contributed by atoms with van der Waals surface area (Å²) in [5, 5.41) is 2.08. The fraction of sp³-hybridized carbons (Fsp3) is 0.0417. The van der Waals surface area contributed by atoms with E-state index in [0.29, 0.717) is 22.8 Å². The predicted molar refractivity (Wildman–Crippen MR) is 113 cm³/mol. The Morgan fingerprint density at radius 2 is 1.65 bits per heavy atom. The van der Waals surface area contributed by atoms with E-state index in [0.717, 1.165) is 11.6 Å². The number of rotatable bonds is 5. The number of amides is 4. The van der Waals surface area contributed by atoms with E-state index in [9.17, 15) is 18.8 Å². The molecule has 1 aliphatic rings. The SMILES string of the molecule is O=C1NC(=O)N(c2ccccc2F)C(=O)/C1=C/c1cccc(OCc2ccccc2)c1. The van der Waals surface area contributed by atoms with E-state index in [1.165, 1.54) is 24.3 Å². The van der Waals surface area contributed by atoms with Crippen molar-refractivity contribution in [3.8, 4) is 5.75 Å². The van der Waals surface area contributed by atoms with Crippen molar-refractivity contribution < 1.29 is 23.5 Å². The van der Waals surface area contributed by atoms with Crippen molar-refractivity contribution in [2.75, 3.05) is 4.90 Å². The molecule has 3 aromatic rings. The minimum Gasteiger partial charge on any atom is -0.489 e. The van der Waals surface area contributed by atoms with Gasteiger partial charge < -0.3 is 4.74 Å². The number of nitrogens with one attached hydrogen (secondary N) is 1. The summed E-state index contributed by atoms with van der Waals surface area (Å²) in [5.74, 6) is -1.97. The molecule has 4 amide bonds. The van der Waals surface area contributed by atoms with Crippen LogP contribution in [0.4, 0.5) is 14.9 Å². The lowest BCUT2D eigenvalue weighted by molar-refractivity contribution is -0.122. The van der Waals surface area contributed by atoms with Crippen molar-refractivity contribution in [1.82, 2.24) is 5.32 Å². The van der Waals surface area contributed by atoms with Crippen LogP contribution in [0.5, 0.6) is 5.75 Å². The van der Waals surface area contributed by atoms with Gasteiger partial charge in [0, 0.05) is 0 Å². The molecule has 1 fully saturated rings. The second-order valence-electron chi connectivity index (χ2n) is 6.76. The van der Waals surface area contributed by atoms with Gasteiger partial charge in [-0.15, -0.1) is 0 Å². The van der Waals surface area contributed by atoms with Crippen LogP contribution in [-0.4, -0.2) is 17.8 Å². The van der Waals surface area contributed by atoms with E-state index >= 15 is 0 Å². The van der Waals surface area contributed by atoms with E-state index in [4.69, 9.17) is 4.74 Å². The van der Waals surface area contributed by atoms with Gasteiger partial charge in [-0.25, -0.2) is 14.1 Å². The monoisotopic (exact) mass is 416 g/mol. The van der Waals surface area contributed by atoms with Crippen LogP contribution in [0.2, 0.25) is 0 Å². The van der Waals surface area contributed by atoms with Gasteiger partial charge in [0.25, 0.3) is 11.8 Å². The fourth-order valence-electron chi connectivity index (χ4n) is 3.11. The van der Waals surface area contributed by atoms with Crippen LogP contribution in [0.25, 0.3) is 6.08 Å². The van der Waals surface area contributed by atoms with Gasteiger partial charge >= 0.3 is 6.03 Å². The van der Waals surface area contributed by atoms with Crippen molar-refractivity contribution in [2.24, 2.45) is 0 Å². The third-order valence-corrected chi connectivity index (χ3v) is 4.61. The first-order chi connectivity index (χ1) is 15.0. The summed E-state index contributed by atoms with van der Waals surface area (Å²) in [5.41, 5.74) is 0.991. The van der Waals surface area contributed by atoms with Gasteiger partial charge in [-0.3, -0.25) is 14.9 Å². The Balaban J connectivity index is 1.60. The first-order valence-electron chi connectivity index (χ1n) is 9.46. The molecule has 0 unspecified atom stereocenters. The number of benzene rings is 3. The van der Waals surface area contributed by atoms with Crippen molar-refractivity contribution in [1.29, 1.82) is 0 Å². The topological polar surface area (TPSA) is 75.7 Å². The Kier molecular flexibility index (Phi) is 5.57. The normalized spacial score (nSPS) is 15.2. The zero-order valence-corrected chi connectivity index (χ0v) is 16.2. The molecule has 1 saturated heterocycles. The highest BCUT2D eigenvalue weighted by molar-refractivity contribution is 6.39. The maximum atomic E-state index is 14.2. The molecular weight excluding hydrogens is 399 g/mol. The van der Waals surface area contributed by atoms with Crippen LogP contribution in [0.3, 0.4) is 0 Å². The Morgan fingerprint density at radius 1 is 0.903 bits per heavy atom. The molecule has 4 rings (SSSR count). The molecule has 1 heterocycles. The number of ether oxygens (including phenoxy) is 1. The molecule has 6 nitrogen and oxygen atoms in total. The highest BCUT2D eigenvalue weighted by atomic mass is 19.1. The van der Waals surface area contributed by atoms with Gasteiger partial charge in [-0.1, -0.05) is 54.6 Å². The Bertz CT molecular complexity index is 1190. The number of carbonyl (C=O) groups excluding carboxylic acids is 3. The van der Waals surface area contributed by atoms with Gasteiger partial charge in [0.2, 0.25) is 0 Å². The van der Waals surface area contributed by atoms with Crippen molar-refractivity contribution in [3.05, 3.63) is 101 Å². The molecule has 0 atom stereocenters. The molecule has 31 heavy (non-hydrogen) atoms. The van der Waals surface area contributed by atoms with Gasteiger partial charge in [0.05, 0.1) is 5.69 Å². The maximum absolute atomic E-state index is 14.2. The lowest BCUT2D eigenvalue weighted by Crippen LogP contribution is -2.54. The van der Waals surface area contributed by atoms with Crippen molar-refractivity contribution in [3.63, 3.8) is 0 Å². The number of anilines is 1. The van der Waals surface area contributed by atoms with Crippen molar-refractivity contribution in [2.45, 2.75) is 6.61 Å². The maximum Gasteiger partial charge on any atom is 0.336 e. The van der Waals surface area contributed by atoms with E-state index in [-0.39, 0.29) is 11.3 Å². The standard InChI is InChI=1S/C24H17FN2O4/c25-20-11-4-5-12-21(20)27-23(29)19(22(28)26-24(27)30)14-17-9-6-10-18(13-17)31-15-16-7-2-1-3-8-16/h1-14H,15H2,(H,26,28,30)/b19-14+. The highest BCUT2D eigenvalue weighted by Crippen LogP contribution is 2.25. The number of urea groups is 1. The Morgan fingerprint density at radius 3 is 2.42 bits per heavy atom. The van der Waals surface area contributed by atoms with Gasteiger partial charge in [0.15, 0.2) is 0 Å². The molecule has 3 aromatic carbocycles. The van der Waals surface area contributed by atoms with Crippen LogP contribution in [-0.2, 0) is 16.2 Å². The van der Waals surface area contributed by atoms with E-state index in [2.05, 4.69) is 5.32 Å². The highest BCUT2D eigenvalue weighted by Gasteiger charge is 2.37.